The molecule has 0 aromatic rings. The number of rotatable bonds is 3. The largest absolute Gasteiger partial charge is 0.461 e. The Hall–Kier alpha value is -1.62. The Bertz CT molecular complexity index is 667. The summed E-state index contributed by atoms with van der Waals surface area (Å²) in [6, 6.07) is 0. The molecule has 0 radical (unpaired) electrons. The third kappa shape index (κ3) is 2.31. The smallest absolute Gasteiger partial charge is 0.334 e. The predicted molar refractivity (Wildman–Crippen MR) is 90.5 cm³/mol. The Kier molecular flexibility index (Phi) is 3.66. The lowest BCUT2D eigenvalue weighted by Gasteiger charge is -2.31. The Morgan fingerprint density at radius 3 is 2.84 bits per heavy atom. The second kappa shape index (κ2) is 5.44. The van der Waals surface area contributed by atoms with Crippen molar-refractivity contribution < 1.29 is 23.8 Å². The molecule has 2 saturated carbocycles. The van der Waals surface area contributed by atoms with E-state index in [2.05, 4.69) is 20.1 Å². The minimum Gasteiger partial charge on any atom is -0.461 e. The molecule has 5 nitrogen and oxygen atoms in total. The highest BCUT2D eigenvalue weighted by Gasteiger charge is 2.71. The molecule has 4 aliphatic rings. The first-order chi connectivity index (χ1) is 11.8. The monoisotopic (exact) mass is 346 g/mol. The molecule has 8 atom stereocenters. The van der Waals surface area contributed by atoms with Gasteiger partial charge in [0, 0.05) is 17.9 Å². The van der Waals surface area contributed by atoms with Crippen molar-refractivity contribution in [3.63, 3.8) is 0 Å². The van der Waals surface area contributed by atoms with Gasteiger partial charge in [0.15, 0.2) is 0 Å². The summed E-state index contributed by atoms with van der Waals surface area (Å²) < 4.78 is 17.5. The maximum absolute atomic E-state index is 12.4. The average molecular weight is 346 g/mol. The van der Waals surface area contributed by atoms with Crippen molar-refractivity contribution in [2.75, 3.05) is 0 Å². The van der Waals surface area contributed by atoms with Gasteiger partial charge in [-0.1, -0.05) is 32.6 Å². The van der Waals surface area contributed by atoms with Gasteiger partial charge in [0.1, 0.15) is 12.2 Å². The quantitative estimate of drug-likeness (QED) is 0.340. The number of esters is 2. The van der Waals surface area contributed by atoms with Crippen LogP contribution in [0, 0.1) is 23.7 Å². The summed E-state index contributed by atoms with van der Waals surface area (Å²) in [7, 11) is 0. The topological polar surface area (TPSA) is 65.1 Å². The van der Waals surface area contributed by atoms with Crippen molar-refractivity contribution in [3.05, 3.63) is 24.3 Å². The second-order valence-corrected chi connectivity index (χ2v) is 8.23. The summed E-state index contributed by atoms with van der Waals surface area (Å²) in [5, 5.41) is 0. The van der Waals surface area contributed by atoms with Gasteiger partial charge in [-0.3, -0.25) is 4.79 Å². The number of ether oxygens (including phenoxy) is 3. The third-order valence-corrected chi connectivity index (χ3v) is 6.83. The van der Waals surface area contributed by atoms with E-state index in [4.69, 9.17) is 14.2 Å². The zero-order valence-corrected chi connectivity index (χ0v) is 15.1. The fourth-order valence-electron chi connectivity index (χ4n) is 5.02. The Morgan fingerprint density at radius 1 is 1.44 bits per heavy atom. The summed E-state index contributed by atoms with van der Waals surface area (Å²) in [4.78, 5) is 24.6. The van der Waals surface area contributed by atoms with Crippen LogP contribution in [0.15, 0.2) is 24.3 Å². The number of fused-ring (bicyclic) bond motifs is 5. The minimum absolute atomic E-state index is 0.0606. The Balaban J connectivity index is 1.68. The van der Waals surface area contributed by atoms with Gasteiger partial charge in [-0.15, -0.1) is 0 Å². The van der Waals surface area contributed by atoms with Crippen molar-refractivity contribution in [1.29, 1.82) is 0 Å². The summed E-state index contributed by atoms with van der Waals surface area (Å²) in [6.45, 7) is 14.1. The van der Waals surface area contributed by atoms with Gasteiger partial charge in [0.05, 0.1) is 23.5 Å². The van der Waals surface area contributed by atoms with Crippen molar-refractivity contribution in [2.45, 2.75) is 63.9 Å². The number of hydrogen-bond donors (Lipinski definition) is 0. The van der Waals surface area contributed by atoms with Crippen LogP contribution in [0.3, 0.4) is 0 Å². The van der Waals surface area contributed by atoms with Crippen molar-refractivity contribution in [2.24, 2.45) is 23.7 Å². The fourth-order valence-corrected chi connectivity index (χ4v) is 5.02. The molecular formula is C20H26O5. The molecule has 2 saturated heterocycles. The van der Waals surface area contributed by atoms with Crippen LogP contribution in [0.2, 0.25) is 0 Å². The number of carbonyl (C=O) groups is 2. The molecule has 4 fully saturated rings. The summed E-state index contributed by atoms with van der Waals surface area (Å²) in [5.74, 6) is -0.794. The van der Waals surface area contributed by atoms with Crippen LogP contribution in [-0.4, -0.2) is 35.9 Å². The molecular weight excluding hydrogens is 320 g/mol. The molecule has 0 unspecified atom stereocenters. The first kappa shape index (κ1) is 16.8. The SMILES string of the molecule is C=C1C(=O)O[C@@H]2[C@H]1[C@@H](OC(=O)[C@H](C)CC)CC(=C)[C@@H]1C[C@H]3O[C@@]3(C)[C@H]21. The average Bonchev–Trinajstić information content (AvgIpc) is 3.03. The highest BCUT2D eigenvalue weighted by molar-refractivity contribution is 5.91. The highest BCUT2D eigenvalue weighted by Crippen LogP contribution is 2.63. The van der Waals surface area contributed by atoms with Gasteiger partial charge in [0.2, 0.25) is 0 Å². The molecule has 25 heavy (non-hydrogen) atoms. The molecule has 136 valence electrons. The zero-order valence-electron chi connectivity index (χ0n) is 15.1. The van der Waals surface area contributed by atoms with Gasteiger partial charge >= 0.3 is 11.9 Å². The molecule has 4 rings (SSSR count). The van der Waals surface area contributed by atoms with E-state index < -0.39 is 6.10 Å². The zero-order chi connectivity index (χ0) is 18.1. The van der Waals surface area contributed by atoms with E-state index in [-0.39, 0.29) is 53.4 Å². The third-order valence-electron chi connectivity index (χ3n) is 6.83. The van der Waals surface area contributed by atoms with E-state index >= 15 is 0 Å². The molecule has 0 aromatic carbocycles. The van der Waals surface area contributed by atoms with E-state index in [1.54, 1.807) is 0 Å². The first-order valence-corrected chi connectivity index (χ1v) is 9.23. The van der Waals surface area contributed by atoms with E-state index in [0.29, 0.717) is 12.0 Å². The fraction of sp³-hybridized carbons (Fsp3) is 0.700. The number of epoxide rings is 1. The normalized spacial score (nSPS) is 45.8. The number of carbonyl (C=O) groups excluding carboxylic acids is 2. The van der Waals surface area contributed by atoms with Crippen LogP contribution >= 0.6 is 0 Å². The summed E-state index contributed by atoms with van der Waals surface area (Å²) >= 11 is 0. The van der Waals surface area contributed by atoms with Crippen molar-refractivity contribution in [3.8, 4) is 0 Å². The van der Waals surface area contributed by atoms with Crippen molar-refractivity contribution >= 4 is 11.9 Å². The maximum Gasteiger partial charge on any atom is 0.334 e. The predicted octanol–water partition coefficient (Wildman–Crippen LogP) is 2.80. The van der Waals surface area contributed by atoms with Gasteiger partial charge in [-0.2, -0.15) is 0 Å². The minimum atomic E-state index is -0.440. The standard InChI is InChI=1S/C20H26O5/c1-6-9(2)18(21)23-13-7-10(3)12-8-14-20(5,25-14)16(12)17-15(13)11(4)19(22)24-17/h9,12-17H,3-4,6-8H2,1-2,5H3/t9-,12+,13+,14-,15-,16+,17-,20-/m1/s1. The lowest BCUT2D eigenvalue weighted by molar-refractivity contribution is -0.157. The van der Waals surface area contributed by atoms with E-state index in [0.717, 1.165) is 18.4 Å². The van der Waals surface area contributed by atoms with Crippen LogP contribution in [0.4, 0.5) is 0 Å². The van der Waals surface area contributed by atoms with Crippen LogP contribution in [0.1, 0.15) is 40.0 Å². The molecule has 2 aliphatic heterocycles. The van der Waals surface area contributed by atoms with Crippen LogP contribution in [0.5, 0.6) is 0 Å². The number of hydrogen-bond acceptors (Lipinski definition) is 5. The van der Waals surface area contributed by atoms with Gasteiger partial charge < -0.3 is 14.2 Å². The molecule has 5 heteroatoms. The lowest BCUT2D eigenvalue weighted by Crippen LogP contribution is -2.41. The Morgan fingerprint density at radius 2 is 2.16 bits per heavy atom. The summed E-state index contributed by atoms with van der Waals surface area (Å²) in [5.41, 5.74) is 1.21. The highest BCUT2D eigenvalue weighted by atomic mass is 16.6. The van der Waals surface area contributed by atoms with E-state index in [9.17, 15) is 9.59 Å². The molecule has 0 amide bonds. The molecule has 0 aromatic heterocycles. The van der Waals surface area contributed by atoms with Crippen LogP contribution < -0.4 is 0 Å². The molecule has 2 aliphatic carbocycles. The van der Waals surface area contributed by atoms with Crippen molar-refractivity contribution in [1.82, 2.24) is 0 Å². The maximum atomic E-state index is 12.4. The van der Waals surface area contributed by atoms with Crippen LogP contribution in [-0.2, 0) is 23.8 Å². The second-order valence-electron chi connectivity index (χ2n) is 8.23. The van der Waals surface area contributed by atoms with E-state index in [1.165, 1.54) is 0 Å². The van der Waals surface area contributed by atoms with Gasteiger partial charge in [-0.05, 0) is 25.7 Å². The van der Waals surface area contributed by atoms with E-state index in [1.807, 2.05) is 13.8 Å². The van der Waals surface area contributed by atoms with Gasteiger partial charge in [-0.25, -0.2) is 4.79 Å². The van der Waals surface area contributed by atoms with Crippen LogP contribution in [0.25, 0.3) is 0 Å². The Labute approximate surface area is 148 Å². The molecule has 0 N–H and O–H groups in total. The summed E-state index contributed by atoms with van der Waals surface area (Å²) in [6.07, 6.45) is 1.60. The lowest BCUT2D eigenvalue weighted by atomic mass is 9.78. The van der Waals surface area contributed by atoms with Gasteiger partial charge in [0.25, 0.3) is 0 Å². The molecule has 0 bridgehead atoms. The first-order valence-electron chi connectivity index (χ1n) is 9.23. The molecule has 0 spiro atoms. The molecule has 2 heterocycles.